The molecule has 0 heterocycles. The Bertz CT molecular complexity index is 206. The Balaban J connectivity index is 3.88. The van der Waals surface area contributed by atoms with Crippen molar-refractivity contribution in [2.24, 2.45) is 0 Å². The zero-order valence-electron chi connectivity index (χ0n) is 12.0. The highest BCUT2D eigenvalue weighted by molar-refractivity contribution is 5.65. The molecule has 0 aromatic carbocycles. The van der Waals surface area contributed by atoms with Gasteiger partial charge < -0.3 is 9.47 Å². The highest BCUT2D eigenvalue weighted by Crippen LogP contribution is 2.18. The van der Waals surface area contributed by atoms with Crippen LogP contribution in [0.4, 0.5) is 0 Å². The number of esters is 1. The molecular weight excluding hydrogens is 216 g/mol. The van der Waals surface area contributed by atoms with Crippen LogP contribution < -0.4 is 0 Å². The van der Waals surface area contributed by atoms with E-state index < -0.39 is 0 Å². The molecule has 0 fully saturated rings. The number of carbonyl (C=O) groups excluding carboxylic acids is 1. The van der Waals surface area contributed by atoms with Gasteiger partial charge in [-0.15, -0.1) is 0 Å². The van der Waals surface area contributed by atoms with Crippen LogP contribution in [0.15, 0.2) is 0 Å². The molecule has 0 radical (unpaired) electrons. The first kappa shape index (κ1) is 16.4. The maximum atomic E-state index is 10.6. The van der Waals surface area contributed by atoms with Crippen molar-refractivity contribution in [2.45, 2.75) is 78.4 Å². The molecular formula is C14H28O3. The smallest absolute Gasteiger partial charge is 0.302 e. The summed E-state index contributed by atoms with van der Waals surface area (Å²) in [5.74, 6) is -0.202. The van der Waals surface area contributed by atoms with Crippen molar-refractivity contribution < 1.29 is 14.3 Å². The highest BCUT2D eigenvalue weighted by atomic mass is 16.5. The zero-order valence-corrected chi connectivity index (χ0v) is 12.0. The van der Waals surface area contributed by atoms with Crippen molar-refractivity contribution >= 4 is 5.97 Å². The summed E-state index contributed by atoms with van der Waals surface area (Å²) in [5, 5.41) is 0. The third-order valence-corrected chi connectivity index (χ3v) is 2.38. The zero-order chi connectivity index (χ0) is 13.3. The standard InChI is InChI=1S/C14H28O3/c1-6-7-9-13(17-14(3,4)5)10-8-11-16-12(2)15/h13H,6-11H2,1-5H3. The van der Waals surface area contributed by atoms with Gasteiger partial charge in [0.05, 0.1) is 18.3 Å². The van der Waals surface area contributed by atoms with Crippen molar-refractivity contribution in [1.29, 1.82) is 0 Å². The summed E-state index contributed by atoms with van der Waals surface area (Å²) in [5.41, 5.74) is -0.0974. The Labute approximate surface area is 106 Å². The SMILES string of the molecule is CCCCC(CCCOC(C)=O)OC(C)(C)C. The number of hydrogen-bond donors (Lipinski definition) is 0. The molecule has 0 bridgehead atoms. The van der Waals surface area contributed by atoms with Crippen LogP contribution in [0, 0.1) is 0 Å². The van der Waals surface area contributed by atoms with Crippen LogP contribution in [-0.2, 0) is 14.3 Å². The lowest BCUT2D eigenvalue weighted by Gasteiger charge is -2.27. The second-order valence-electron chi connectivity index (χ2n) is 5.48. The number of carbonyl (C=O) groups is 1. The van der Waals surface area contributed by atoms with Crippen molar-refractivity contribution in [1.82, 2.24) is 0 Å². The second kappa shape index (κ2) is 8.51. The molecule has 1 unspecified atom stereocenters. The first-order valence-electron chi connectivity index (χ1n) is 6.66. The number of unbranched alkanes of at least 4 members (excludes halogenated alkanes) is 1. The topological polar surface area (TPSA) is 35.5 Å². The minimum absolute atomic E-state index is 0.0974. The first-order chi connectivity index (χ1) is 7.85. The summed E-state index contributed by atoms with van der Waals surface area (Å²) in [6.45, 7) is 10.4. The van der Waals surface area contributed by atoms with Crippen molar-refractivity contribution in [2.75, 3.05) is 6.61 Å². The Morgan fingerprint density at radius 3 is 2.24 bits per heavy atom. The average molecular weight is 244 g/mol. The molecule has 3 heteroatoms. The predicted molar refractivity (Wildman–Crippen MR) is 70.0 cm³/mol. The third-order valence-electron chi connectivity index (χ3n) is 2.38. The fourth-order valence-corrected chi connectivity index (χ4v) is 1.72. The van der Waals surface area contributed by atoms with Crippen molar-refractivity contribution in [3.05, 3.63) is 0 Å². The van der Waals surface area contributed by atoms with Crippen LogP contribution in [0.5, 0.6) is 0 Å². The van der Waals surface area contributed by atoms with Crippen LogP contribution in [0.1, 0.15) is 66.7 Å². The van der Waals surface area contributed by atoms with Crippen LogP contribution in [0.25, 0.3) is 0 Å². The molecule has 0 N–H and O–H groups in total. The Morgan fingerprint density at radius 2 is 1.76 bits per heavy atom. The van der Waals surface area contributed by atoms with E-state index in [1.165, 1.54) is 19.8 Å². The molecule has 0 aliphatic carbocycles. The van der Waals surface area contributed by atoms with E-state index in [-0.39, 0.29) is 17.7 Å². The predicted octanol–water partition coefficient (Wildman–Crippen LogP) is 3.70. The summed E-state index contributed by atoms with van der Waals surface area (Å²) < 4.78 is 10.9. The normalized spacial score (nSPS) is 13.5. The van der Waals surface area contributed by atoms with Gasteiger partial charge in [-0.1, -0.05) is 19.8 Å². The summed E-state index contributed by atoms with van der Waals surface area (Å²) in [6, 6.07) is 0. The monoisotopic (exact) mass is 244 g/mol. The largest absolute Gasteiger partial charge is 0.466 e. The Hall–Kier alpha value is -0.570. The van der Waals surface area contributed by atoms with Gasteiger partial charge in [-0.05, 0) is 40.0 Å². The van der Waals surface area contributed by atoms with Gasteiger partial charge in [0.15, 0.2) is 0 Å². The third kappa shape index (κ3) is 11.7. The summed E-state index contributed by atoms with van der Waals surface area (Å²) in [6.07, 6.45) is 5.59. The van der Waals surface area contributed by atoms with E-state index in [4.69, 9.17) is 9.47 Å². The summed E-state index contributed by atoms with van der Waals surface area (Å²) >= 11 is 0. The number of rotatable bonds is 8. The molecule has 0 saturated heterocycles. The molecule has 0 spiro atoms. The lowest BCUT2D eigenvalue weighted by molar-refractivity contribution is -0.141. The molecule has 0 amide bonds. The fraction of sp³-hybridized carbons (Fsp3) is 0.929. The number of ether oxygens (including phenoxy) is 2. The molecule has 102 valence electrons. The molecule has 0 aliphatic rings. The maximum absolute atomic E-state index is 10.6. The average Bonchev–Trinajstić information content (AvgIpc) is 2.18. The van der Waals surface area contributed by atoms with Gasteiger partial charge in [0, 0.05) is 6.92 Å². The quantitative estimate of drug-likeness (QED) is 0.482. The highest BCUT2D eigenvalue weighted by Gasteiger charge is 2.18. The van der Waals surface area contributed by atoms with Crippen LogP contribution >= 0.6 is 0 Å². The molecule has 0 aromatic heterocycles. The van der Waals surface area contributed by atoms with Crippen molar-refractivity contribution in [3.8, 4) is 0 Å². The molecule has 1 atom stereocenters. The van der Waals surface area contributed by atoms with Crippen molar-refractivity contribution in [3.63, 3.8) is 0 Å². The van der Waals surface area contributed by atoms with Gasteiger partial charge in [-0.3, -0.25) is 4.79 Å². The first-order valence-corrected chi connectivity index (χ1v) is 6.66. The van der Waals surface area contributed by atoms with E-state index in [0.29, 0.717) is 6.61 Å². The Morgan fingerprint density at radius 1 is 1.18 bits per heavy atom. The molecule has 0 rings (SSSR count). The molecule has 3 nitrogen and oxygen atoms in total. The van der Waals surface area contributed by atoms with Crippen LogP contribution in [0.3, 0.4) is 0 Å². The lowest BCUT2D eigenvalue weighted by atomic mass is 10.1. The second-order valence-corrected chi connectivity index (χ2v) is 5.48. The van der Waals surface area contributed by atoms with E-state index in [0.717, 1.165) is 19.3 Å². The summed E-state index contributed by atoms with van der Waals surface area (Å²) in [7, 11) is 0. The van der Waals surface area contributed by atoms with E-state index in [2.05, 4.69) is 27.7 Å². The van der Waals surface area contributed by atoms with E-state index in [1.54, 1.807) is 0 Å². The minimum Gasteiger partial charge on any atom is -0.466 e. The van der Waals surface area contributed by atoms with E-state index in [9.17, 15) is 4.79 Å². The van der Waals surface area contributed by atoms with Gasteiger partial charge in [-0.25, -0.2) is 0 Å². The van der Waals surface area contributed by atoms with Crippen LogP contribution in [0.2, 0.25) is 0 Å². The molecule has 17 heavy (non-hydrogen) atoms. The van der Waals surface area contributed by atoms with Gasteiger partial charge in [0.2, 0.25) is 0 Å². The van der Waals surface area contributed by atoms with E-state index in [1.807, 2.05) is 0 Å². The molecule has 0 aromatic rings. The minimum atomic E-state index is -0.202. The Kier molecular flexibility index (Phi) is 8.23. The maximum Gasteiger partial charge on any atom is 0.302 e. The molecule has 0 saturated carbocycles. The van der Waals surface area contributed by atoms with Gasteiger partial charge in [0.1, 0.15) is 0 Å². The lowest BCUT2D eigenvalue weighted by Crippen LogP contribution is -2.27. The van der Waals surface area contributed by atoms with E-state index >= 15 is 0 Å². The summed E-state index contributed by atoms with van der Waals surface area (Å²) in [4.78, 5) is 10.6. The fourth-order valence-electron chi connectivity index (χ4n) is 1.72. The van der Waals surface area contributed by atoms with Gasteiger partial charge >= 0.3 is 5.97 Å². The van der Waals surface area contributed by atoms with Gasteiger partial charge in [-0.2, -0.15) is 0 Å². The number of hydrogen-bond acceptors (Lipinski definition) is 3. The molecule has 0 aliphatic heterocycles. The van der Waals surface area contributed by atoms with Gasteiger partial charge in [0.25, 0.3) is 0 Å². The van der Waals surface area contributed by atoms with Crippen LogP contribution in [-0.4, -0.2) is 24.3 Å².